The minimum absolute atomic E-state index is 0.136. The van der Waals surface area contributed by atoms with Gasteiger partial charge in [0.05, 0.1) is 5.69 Å². The van der Waals surface area contributed by atoms with Gasteiger partial charge in [0.1, 0.15) is 0 Å². The number of benzene rings is 1. The molecule has 3 rings (SSSR count). The number of carbonyl (C=O) groups is 1. The van der Waals surface area contributed by atoms with E-state index in [0.29, 0.717) is 23.9 Å². The number of aromatic amines is 1. The molecule has 0 spiro atoms. The fraction of sp³-hybridized carbons (Fsp3) is 0.500. The van der Waals surface area contributed by atoms with Gasteiger partial charge in [0.15, 0.2) is 5.69 Å². The second-order valence-electron chi connectivity index (χ2n) is 6.51. The summed E-state index contributed by atoms with van der Waals surface area (Å²) in [6.45, 7) is 5.76. The Morgan fingerprint density at radius 3 is 2.92 bits per heavy atom. The number of aromatic nitrogens is 3. The lowest BCUT2D eigenvalue weighted by Crippen LogP contribution is -2.41. The average molecular weight is 327 g/mol. The molecule has 1 aromatic carbocycles. The van der Waals surface area contributed by atoms with E-state index in [1.165, 1.54) is 18.4 Å². The summed E-state index contributed by atoms with van der Waals surface area (Å²) < 4.78 is 0. The van der Waals surface area contributed by atoms with Crippen molar-refractivity contribution >= 4 is 5.91 Å². The van der Waals surface area contributed by atoms with Gasteiger partial charge in [-0.25, -0.2) is 0 Å². The first-order chi connectivity index (χ1) is 11.7. The molecule has 24 heavy (non-hydrogen) atoms. The van der Waals surface area contributed by atoms with Crippen LogP contribution in [-0.4, -0.2) is 52.4 Å². The quantitative estimate of drug-likeness (QED) is 0.848. The van der Waals surface area contributed by atoms with Crippen LogP contribution in [0.1, 0.15) is 34.6 Å². The van der Waals surface area contributed by atoms with Gasteiger partial charge in [0, 0.05) is 19.6 Å². The van der Waals surface area contributed by atoms with Gasteiger partial charge in [-0.1, -0.05) is 30.3 Å². The monoisotopic (exact) mass is 327 g/mol. The predicted molar refractivity (Wildman–Crippen MR) is 92.8 cm³/mol. The van der Waals surface area contributed by atoms with E-state index in [9.17, 15) is 4.79 Å². The molecule has 1 atom stereocenters. The lowest BCUT2D eigenvalue weighted by atomic mass is 9.97. The fourth-order valence-electron chi connectivity index (χ4n) is 3.27. The summed E-state index contributed by atoms with van der Waals surface area (Å²) in [5.41, 5.74) is 2.42. The summed E-state index contributed by atoms with van der Waals surface area (Å²) in [5.74, 6) is 0.369. The van der Waals surface area contributed by atoms with E-state index >= 15 is 0 Å². The molecule has 1 saturated heterocycles. The topological polar surface area (TPSA) is 73.9 Å². The Bertz CT molecular complexity index is 654. The molecule has 128 valence electrons. The maximum atomic E-state index is 12.1. The third kappa shape index (κ3) is 4.41. The van der Waals surface area contributed by atoms with Crippen LogP contribution in [0.15, 0.2) is 30.3 Å². The first kappa shape index (κ1) is 16.6. The molecule has 6 nitrogen and oxygen atoms in total. The third-order valence-corrected chi connectivity index (χ3v) is 4.65. The lowest BCUT2D eigenvalue weighted by molar-refractivity contribution is 0.0927. The molecule has 1 aliphatic rings. The van der Waals surface area contributed by atoms with Crippen molar-refractivity contribution in [2.75, 3.05) is 26.2 Å². The van der Waals surface area contributed by atoms with Crippen LogP contribution >= 0.6 is 0 Å². The van der Waals surface area contributed by atoms with Gasteiger partial charge in [-0.15, -0.1) is 0 Å². The van der Waals surface area contributed by atoms with Crippen molar-refractivity contribution in [1.29, 1.82) is 0 Å². The van der Waals surface area contributed by atoms with E-state index in [1.54, 1.807) is 6.92 Å². The van der Waals surface area contributed by atoms with Gasteiger partial charge in [-0.2, -0.15) is 15.4 Å². The van der Waals surface area contributed by atoms with Crippen molar-refractivity contribution in [3.05, 3.63) is 47.3 Å². The summed E-state index contributed by atoms with van der Waals surface area (Å²) in [4.78, 5) is 14.6. The van der Waals surface area contributed by atoms with Gasteiger partial charge in [-0.3, -0.25) is 4.79 Å². The summed E-state index contributed by atoms with van der Waals surface area (Å²) >= 11 is 0. The van der Waals surface area contributed by atoms with Crippen LogP contribution in [-0.2, 0) is 6.42 Å². The molecule has 2 aromatic rings. The second-order valence-corrected chi connectivity index (χ2v) is 6.51. The van der Waals surface area contributed by atoms with E-state index < -0.39 is 0 Å². The van der Waals surface area contributed by atoms with Gasteiger partial charge in [0.2, 0.25) is 0 Å². The summed E-state index contributed by atoms with van der Waals surface area (Å²) in [5, 5.41) is 13.3. The molecule has 2 N–H and O–H groups in total. The molecule has 0 bridgehead atoms. The number of rotatable bonds is 6. The number of amides is 1. The zero-order valence-electron chi connectivity index (χ0n) is 14.2. The number of hydrogen-bond acceptors (Lipinski definition) is 4. The second kappa shape index (κ2) is 8.06. The van der Waals surface area contributed by atoms with Gasteiger partial charge >= 0.3 is 0 Å². The predicted octanol–water partition coefficient (Wildman–Crippen LogP) is 1.80. The smallest absolute Gasteiger partial charge is 0.273 e. The van der Waals surface area contributed by atoms with Crippen molar-refractivity contribution in [3.63, 3.8) is 0 Å². The van der Waals surface area contributed by atoms with Crippen LogP contribution in [0.3, 0.4) is 0 Å². The van der Waals surface area contributed by atoms with Crippen LogP contribution in [0.4, 0.5) is 0 Å². The normalized spacial score (nSPS) is 18.5. The highest BCUT2D eigenvalue weighted by molar-refractivity contribution is 5.93. The molecule has 6 heteroatoms. The lowest BCUT2D eigenvalue weighted by Gasteiger charge is -2.32. The molecular formula is C18H25N5O. The fourth-order valence-corrected chi connectivity index (χ4v) is 3.27. The Morgan fingerprint density at radius 2 is 2.17 bits per heavy atom. The summed E-state index contributed by atoms with van der Waals surface area (Å²) in [7, 11) is 0. The number of likely N-dealkylation sites (tertiary alicyclic amines) is 1. The molecule has 0 unspecified atom stereocenters. The highest BCUT2D eigenvalue weighted by Crippen LogP contribution is 2.16. The highest BCUT2D eigenvalue weighted by atomic mass is 16.2. The van der Waals surface area contributed by atoms with Crippen LogP contribution in [0.25, 0.3) is 0 Å². The maximum Gasteiger partial charge on any atom is 0.273 e. The van der Waals surface area contributed by atoms with Crippen molar-refractivity contribution in [1.82, 2.24) is 25.6 Å². The van der Waals surface area contributed by atoms with Crippen LogP contribution in [0.5, 0.6) is 0 Å². The SMILES string of the molecule is Cc1n[nH]nc1C(=O)NC[C@@H]1CCCN(CCc2ccccc2)C1. The minimum atomic E-state index is -0.136. The number of H-pyrrole nitrogens is 1. The Balaban J connectivity index is 1.44. The van der Waals surface area contributed by atoms with Gasteiger partial charge in [0.25, 0.3) is 5.91 Å². The number of aryl methyl sites for hydroxylation is 1. The zero-order chi connectivity index (χ0) is 16.8. The van der Waals surface area contributed by atoms with Gasteiger partial charge < -0.3 is 10.2 Å². The van der Waals surface area contributed by atoms with E-state index in [1.807, 2.05) is 0 Å². The van der Waals surface area contributed by atoms with Crippen molar-refractivity contribution in [2.24, 2.45) is 5.92 Å². The molecule has 0 radical (unpaired) electrons. The third-order valence-electron chi connectivity index (χ3n) is 4.65. The molecule has 0 saturated carbocycles. The first-order valence-electron chi connectivity index (χ1n) is 8.64. The molecular weight excluding hydrogens is 302 g/mol. The van der Waals surface area contributed by atoms with E-state index in [0.717, 1.165) is 26.1 Å². The molecule has 2 heterocycles. The summed E-state index contributed by atoms with van der Waals surface area (Å²) in [6.07, 6.45) is 3.44. The molecule has 1 amide bonds. The van der Waals surface area contributed by atoms with Crippen LogP contribution in [0, 0.1) is 12.8 Å². The van der Waals surface area contributed by atoms with Crippen molar-refractivity contribution in [3.8, 4) is 0 Å². The van der Waals surface area contributed by atoms with Crippen LogP contribution in [0.2, 0.25) is 0 Å². The van der Waals surface area contributed by atoms with Crippen molar-refractivity contribution in [2.45, 2.75) is 26.2 Å². The highest BCUT2D eigenvalue weighted by Gasteiger charge is 2.21. The maximum absolute atomic E-state index is 12.1. The minimum Gasteiger partial charge on any atom is -0.350 e. The van der Waals surface area contributed by atoms with E-state index in [-0.39, 0.29) is 5.91 Å². The van der Waals surface area contributed by atoms with Crippen LogP contribution < -0.4 is 5.32 Å². The van der Waals surface area contributed by atoms with E-state index in [2.05, 4.69) is 56.0 Å². The van der Waals surface area contributed by atoms with E-state index in [4.69, 9.17) is 0 Å². The Hall–Kier alpha value is -2.21. The number of piperidine rings is 1. The molecule has 1 aromatic heterocycles. The Labute approximate surface area is 142 Å². The Morgan fingerprint density at radius 1 is 1.33 bits per heavy atom. The molecule has 0 aliphatic carbocycles. The number of carbonyl (C=O) groups excluding carboxylic acids is 1. The zero-order valence-corrected chi connectivity index (χ0v) is 14.2. The standard InChI is InChI=1S/C18H25N5O/c1-14-17(21-22-20-14)18(24)19-12-16-8-5-10-23(13-16)11-9-15-6-3-2-4-7-15/h2-4,6-7,16H,5,8-13H2,1H3,(H,19,24)(H,20,21,22)/t16-/m0/s1. The number of nitrogens with one attached hydrogen (secondary N) is 2. The van der Waals surface area contributed by atoms with Crippen molar-refractivity contribution < 1.29 is 4.79 Å². The Kier molecular flexibility index (Phi) is 5.59. The molecule has 1 aliphatic heterocycles. The average Bonchev–Trinajstić information content (AvgIpc) is 3.05. The number of nitrogens with zero attached hydrogens (tertiary/aromatic N) is 3. The molecule has 1 fully saturated rings. The van der Waals surface area contributed by atoms with Gasteiger partial charge in [-0.05, 0) is 44.2 Å². The largest absolute Gasteiger partial charge is 0.350 e. The number of hydrogen-bond donors (Lipinski definition) is 2. The summed E-state index contributed by atoms with van der Waals surface area (Å²) in [6, 6.07) is 10.6. The first-order valence-corrected chi connectivity index (χ1v) is 8.64.